The fourth-order valence-electron chi connectivity index (χ4n) is 4.27. The highest BCUT2D eigenvalue weighted by molar-refractivity contribution is 7.99. The monoisotopic (exact) mass is 361 g/mol. The maximum atomic E-state index is 12.4. The molecule has 2 aliphatic heterocycles. The summed E-state index contributed by atoms with van der Waals surface area (Å²) in [6.07, 6.45) is 7.04. The highest BCUT2D eigenvalue weighted by Gasteiger charge is 2.41. The van der Waals surface area contributed by atoms with Gasteiger partial charge in [-0.1, -0.05) is 13.0 Å². The van der Waals surface area contributed by atoms with Crippen molar-refractivity contribution in [3.05, 3.63) is 30.1 Å². The molecule has 0 aliphatic carbocycles. The Labute approximate surface area is 156 Å². The lowest BCUT2D eigenvalue weighted by Crippen LogP contribution is -2.54. The summed E-state index contributed by atoms with van der Waals surface area (Å²) in [7, 11) is 0. The van der Waals surface area contributed by atoms with Crippen LogP contribution in [0.1, 0.15) is 38.3 Å². The molecule has 4 nitrogen and oxygen atoms in total. The fourth-order valence-corrected chi connectivity index (χ4v) is 4.95. The van der Waals surface area contributed by atoms with Gasteiger partial charge in [-0.05, 0) is 43.7 Å². The number of rotatable bonds is 7. The van der Waals surface area contributed by atoms with Crippen LogP contribution in [0.4, 0.5) is 0 Å². The van der Waals surface area contributed by atoms with Crippen molar-refractivity contribution in [2.45, 2.75) is 39.0 Å². The lowest BCUT2D eigenvalue weighted by Gasteiger charge is -2.48. The normalized spacial score (nSPS) is 24.8. The lowest BCUT2D eigenvalue weighted by atomic mass is 9.73. The van der Waals surface area contributed by atoms with Gasteiger partial charge in [-0.2, -0.15) is 11.8 Å². The van der Waals surface area contributed by atoms with Gasteiger partial charge < -0.3 is 9.80 Å². The van der Waals surface area contributed by atoms with Crippen LogP contribution in [0, 0.1) is 5.41 Å². The Kier molecular flexibility index (Phi) is 6.77. The molecule has 0 saturated carbocycles. The molecule has 1 aromatic rings. The highest BCUT2D eigenvalue weighted by Crippen LogP contribution is 2.38. The van der Waals surface area contributed by atoms with E-state index in [9.17, 15) is 4.79 Å². The fraction of sp³-hybridized carbons (Fsp3) is 0.700. The molecule has 0 unspecified atom stereocenters. The summed E-state index contributed by atoms with van der Waals surface area (Å²) in [6, 6.07) is 6.02. The van der Waals surface area contributed by atoms with Gasteiger partial charge in [0, 0.05) is 62.1 Å². The molecule has 0 N–H and O–H groups in total. The number of hydrogen-bond donors (Lipinski definition) is 0. The van der Waals surface area contributed by atoms with Crippen molar-refractivity contribution in [3.8, 4) is 0 Å². The molecule has 0 radical (unpaired) electrons. The second-order valence-corrected chi connectivity index (χ2v) is 8.86. The average Bonchev–Trinajstić information content (AvgIpc) is 2.64. The molecule has 2 aliphatic rings. The van der Waals surface area contributed by atoms with Gasteiger partial charge in [0.05, 0.1) is 0 Å². The first-order valence-electron chi connectivity index (χ1n) is 9.69. The Bertz CT molecular complexity index is 553. The number of pyridine rings is 1. The molecular weight excluding hydrogens is 330 g/mol. The second-order valence-electron chi connectivity index (χ2n) is 7.46. The minimum absolute atomic E-state index is 0.327. The minimum Gasteiger partial charge on any atom is -0.342 e. The van der Waals surface area contributed by atoms with Crippen molar-refractivity contribution >= 4 is 17.7 Å². The van der Waals surface area contributed by atoms with Gasteiger partial charge in [0.1, 0.15) is 0 Å². The number of thioether (sulfide) groups is 1. The standard InChI is InChI=1S/C20H31N3OS/c1-2-25-15-14-22-12-5-9-20(16-22)10-7-19(24)23(17-20)13-8-18-6-3-4-11-21-18/h3-4,6,11H,2,5,7-10,12-17H2,1H3/t20-/m0/s1. The Morgan fingerprint density at radius 3 is 2.96 bits per heavy atom. The molecule has 1 spiro atoms. The smallest absolute Gasteiger partial charge is 0.222 e. The molecule has 25 heavy (non-hydrogen) atoms. The molecule has 1 amide bonds. The van der Waals surface area contributed by atoms with Crippen LogP contribution in [-0.4, -0.2) is 64.9 Å². The predicted molar refractivity (Wildman–Crippen MR) is 105 cm³/mol. The van der Waals surface area contributed by atoms with Crippen LogP contribution >= 0.6 is 11.8 Å². The van der Waals surface area contributed by atoms with Crippen LogP contribution < -0.4 is 0 Å². The first-order chi connectivity index (χ1) is 12.2. The summed E-state index contributed by atoms with van der Waals surface area (Å²) >= 11 is 2.03. The van der Waals surface area contributed by atoms with E-state index < -0.39 is 0 Å². The molecule has 1 aromatic heterocycles. The Hall–Kier alpha value is -1.07. The summed E-state index contributed by atoms with van der Waals surface area (Å²) in [6.45, 7) is 7.58. The quantitative estimate of drug-likeness (QED) is 0.699. The average molecular weight is 362 g/mol. The second kappa shape index (κ2) is 9.04. The van der Waals surface area contributed by atoms with E-state index in [0.29, 0.717) is 11.3 Å². The molecular formula is C20H31N3OS. The zero-order valence-corrected chi connectivity index (χ0v) is 16.3. The summed E-state index contributed by atoms with van der Waals surface area (Å²) in [4.78, 5) is 21.6. The third kappa shape index (κ3) is 5.20. The number of nitrogens with zero attached hydrogens (tertiary/aromatic N) is 3. The number of hydrogen-bond acceptors (Lipinski definition) is 4. The van der Waals surface area contributed by atoms with E-state index in [1.807, 2.05) is 30.1 Å². The van der Waals surface area contributed by atoms with E-state index in [0.717, 1.165) is 38.0 Å². The molecule has 138 valence electrons. The van der Waals surface area contributed by atoms with E-state index >= 15 is 0 Å². The van der Waals surface area contributed by atoms with E-state index in [1.54, 1.807) is 0 Å². The highest BCUT2D eigenvalue weighted by atomic mass is 32.2. The van der Waals surface area contributed by atoms with Crippen molar-refractivity contribution in [2.24, 2.45) is 5.41 Å². The number of amides is 1. The van der Waals surface area contributed by atoms with Crippen molar-refractivity contribution in [3.63, 3.8) is 0 Å². The Balaban J connectivity index is 1.56. The minimum atomic E-state index is 0.327. The van der Waals surface area contributed by atoms with Crippen molar-refractivity contribution in [2.75, 3.05) is 44.2 Å². The van der Waals surface area contributed by atoms with E-state index in [-0.39, 0.29) is 0 Å². The van der Waals surface area contributed by atoms with Crippen LogP contribution in [0.3, 0.4) is 0 Å². The molecule has 0 aromatic carbocycles. The number of carbonyl (C=O) groups excluding carboxylic acids is 1. The summed E-state index contributed by atoms with van der Waals surface area (Å²) in [5.74, 6) is 2.77. The Morgan fingerprint density at radius 1 is 1.24 bits per heavy atom. The van der Waals surface area contributed by atoms with Gasteiger partial charge in [-0.25, -0.2) is 0 Å². The topological polar surface area (TPSA) is 36.4 Å². The number of carbonyl (C=O) groups is 1. The molecule has 3 heterocycles. The van der Waals surface area contributed by atoms with Crippen molar-refractivity contribution < 1.29 is 4.79 Å². The van der Waals surface area contributed by atoms with Crippen molar-refractivity contribution in [1.82, 2.24) is 14.8 Å². The maximum Gasteiger partial charge on any atom is 0.222 e. The first kappa shape index (κ1) is 18.7. The summed E-state index contributed by atoms with van der Waals surface area (Å²) < 4.78 is 0. The number of piperidine rings is 2. The lowest BCUT2D eigenvalue weighted by molar-refractivity contribution is -0.139. The molecule has 3 rings (SSSR count). The zero-order valence-electron chi connectivity index (χ0n) is 15.5. The SMILES string of the molecule is CCSCCN1CCC[C@]2(CCC(=O)N(CCc3ccccn3)C2)C1. The van der Waals surface area contributed by atoms with E-state index in [2.05, 4.69) is 27.8 Å². The number of likely N-dealkylation sites (tertiary alicyclic amines) is 2. The molecule has 5 heteroatoms. The summed E-state index contributed by atoms with van der Waals surface area (Å²) in [5.41, 5.74) is 1.41. The van der Waals surface area contributed by atoms with Gasteiger partial charge in [0.25, 0.3) is 0 Å². The maximum absolute atomic E-state index is 12.4. The number of aromatic nitrogens is 1. The molecule has 0 bridgehead atoms. The van der Waals surface area contributed by atoms with Gasteiger partial charge in [0.2, 0.25) is 5.91 Å². The van der Waals surface area contributed by atoms with Crippen LogP contribution in [0.5, 0.6) is 0 Å². The molecule has 2 saturated heterocycles. The van der Waals surface area contributed by atoms with Crippen LogP contribution in [0.15, 0.2) is 24.4 Å². The predicted octanol–water partition coefficient (Wildman–Crippen LogP) is 3.08. The van der Waals surface area contributed by atoms with Gasteiger partial charge in [0.15, 0.2) is 0 Å². The van der Waals surface area contributed by atoms with E-state index in [4.69, 9.17) is 0 Å². The largest absolute Gasteiger partial charge is 0.342 e. The van der Waals surface area contributed by atoms with Gasteiger partial charge in [-0.3, -0.25) is 9.78 Å². The molecule has 2 fully saturated rings. The van der Waals surface area contributed by atoms with Crippen LogP contribution in [0.2, 0.25) is 0 Å². The van der Waals surface area contributed by atoms with Gasteiger partial charge in [-0.15, -0.1) is 0 Å². The third-order valence-electron chi connectivity index (χ3n) is 5.61. The summed E-state index contributed by atoms with van der Waals surface area (Å²) in [5, 5.41) is 0. The van der Waals surface area contributed by atoms with Crippen LogP contribution in [0.25, 0.3) is 0 Å². The van der Waals surface area contributed by atoms with Crippen molar-refractivity contribution in [1.29, 1.82) is 0 Å². The zero-order chi connectivity index (χ0) is 17.5. The van der Waals surface area contributed by atoms with Gasteiger partial charge >= 0.3 is 0 Å². The first-order valence-corrected chi connectivity index (χ1v) is 10.8. The Morgan fingerprint density at radius 2 is 2.16 bits per heavy atom. The molecule has 1 atom stereocenters. The third-order valence-corrected chi connectivity index (χ3v) is 6.49. The van der Waals surface area contributed by atoms with E-state index in [1.165, 1.54) is 44.0 Å². The van der Waals surface area contributed by atoms with Crippen LogP contribution in [-0.2, 0) is 11.2 Å².